The predicted octanol–water partition coefficient (Wildman–Crippen LogP) is 2.45. The highest BCUT2D eigenvalue weighted by molar-refractivity contribution is 5.79. The first-order valence-corrected chi connectivity index (χ1v) is 7.23. The molecule has 0 aromatic rings. The summed E-state index contributed by atoms with van der Waals surface area (Å²) in [5, 5.41) is 3.17. The van der Waals surface area contributed by atoms with Crippen LogP contribution in [-0.4, -0.2) is 18.0 Å². The summed E-state index contributed by atoms with van der Waals surface area (Å²) in [6.45, 7) is 9.19. The molecule has 2 bridgehead atoms. The highest BCUT2D eigenvalue weighted by Crippen LogP contribution is 2.54. The molecule has 3 heteroatoms. The highest BCUT2D eigenvalue weighted by Gasteiger charge is 2.52. The van der Waals surface area contributed by atoms with E-state index in [4.69, 9.17) is 5.73 Å². The van der Waals surface area contributed by atoms with Gasteiger partial charge in [-0.1, -0.05) is 27.7 Å². The monoisotopic (exact) mass is 252 g/mol. The minimum atomic E-state index is 0.0325. The molecule has 2 saturated carbocycles. The third-order valence-electron chi connectivity index (χ3n) is 5.36. The van der Waals surface area contributed by atoms with E-state index in [0.717, 1.165) is 25.8 Å². The van der Waals surface area contributed by atoms with Gasteiger partial charge in [0.2, 0.25) is 5.91 Å². The fourth-order valence-electron chi connectivity index (χ4n) is 3.44. The van der Waals surface area contributed by atoms with Crippen molar-refractivity contribution >= 4 is 5.91 Å². The van der Waals surface area contributed by atoms with Crippen molar-refractivity contribution < 1.29 is 4.79 Å². The lowest BCUT2D eigenvalue weighted by molar-refractivity contribution is -0.128. The van der Waals surface area contributed by atoms with E-state index in [1.54, 1.807) is 0 Å². The Hall–Kier alpha value is -0.570. The van der Waals surface area contributed by atoms with Gasteiger partial charge in [0, 0.05) is 18.0 Å². The molecule has 1 amide bonds. The molecule has 3 nitrogen and oxygen atoms in total. The van der Waals surface area contributed by atoms with E-state index in [-0.39, 0.29) is 22.8 Å². The molecule has 1 atom stereocenters. The van der Waals surface area contributed by atoms with Crippen LogP contribution < -0.4 is 11.1 Å². The maximum absolute atomic E-state index is 12.2. The average molecular weight is 252 g/mol. The van der Waals surface area contributed by atoms with Crippen LogP contribution >= 0.6 is 0 Å². The van der Waals surface area contributed by atoms with Gasteiger partial charge in [-0.3, -0.25) is 4.79 Å². The van der Waals surface area contributed by atoms with E-state index < -0.39 is 0 Å². The molecule has 0 unspecified atom stereocenters. The normalized spacial score (nSPS) is 36.7. The van der Waals surface area contributed by atoms with E-state index in [0.29, 0.717) is 5.41 Å². The van der Waals surface area contributed by atoms with E-state index in [1.807, 2.05) is 6.92 Å². The van der Waals surface area contributed by atoms with Crippen molar-refractivity contribution in [3.8, 4) is 0 Å². The zero-order valence-corrected chi connectivity index (χ0v) is 12.3. The van der Waals surface area contributed by atoms with Gasteiger partial charge in [0.15, 0.2) is 0 Å². The lowest BCUT2D eigenvalue weighted by Crippen LogP contribution is -2.41. The molecule has 2 aliphatic rings. The fourth-order valence-corrected chi connectivity index (χ4v) is 3.44. The van der Waals surface area contributed by atoms with E-state index in [1.165, 1.54) is 12.8 Å². The Bertz CT molecular complexity index is 335. The molecule has 3 N–H and O–H groups in total. The van der Waals surface area contributed by atoms with Crippen molar-refractivity contribution in [3.05, 3.63) is 0 Å². The number of fused-ring (bicyclic) bond motifs is 2. The summed E-state index contributed by atoms with van der Waals surface area (Å²) in [6, 6.07) is 0. The predicted molar refractivity (Wildman–Crippen MR) is 74.1 cm³/mol. The summed E-state index contributed by atoms with van der Waals surface area (Å²) in [7, 11) is 0. The molecular weight excluding hydrogens is 224 g/mol. The van der Waals surface area contributed by atoms with E-state index in [9.17, 15) is 4.79 Å². The lowest BCUT2D eigenvalue weighted by atomic mass is 9.80. The van der Waals surface area contributed by atoms with Crippen LogP contribution in [0.5, 0.6) is 0 Å². The molecule has 104 valence electrons. The molecule has 2 rings (SSSR count). The molecule has 0 aliphatic heterocycles. The minimum absolute atomic E-state index is 0.0325. The molecule has 0 spiro atoms. The molecule has 2 aliphatic carbocycles. The summed E-state index contributed by atoms with van der Waals surface area (Å²) >= 11 is 0. The number of carbonyl (C=O) groups is 1. The van der Waals surface area contributed by atoms with Crippen molar-refractivity contribution in [3.63, 3.8) is 0 Å². The van der Waals surface area contributed by atoms with Crippen LogP contribution in [0, 0.1) is 16.7 Å². The summed E-state index contributed by atoms with van der Waals surface area (Å²) in [5.41, 5.74) is 6.73. The molecular formula is C15H28N2O. The maximum atomic E-state index is 12.2. The smallest absolute Gasteiger partial charge is 0.223 e. The van der Waals surface area contributed by atoms with Crippen molar-refractivity contribution in [2.75, 3.05) is 6.54 Å². The number of amides is 1. The van der Waals surface area contributed by atoms with Crippen molar-refractivity contribution in [1.82, 2.24) is 5.32 Å². The first-order valence-electron chi connectivity index (χ1n) is 7.23. The minimum Gasteiger partial charge on any atom is -0.355 e. The molecule has 0 radical (unpaired) electrons. The Morgan fingerprint density at radius 3 is 2.22 bits per heavy atom. The number of hydrogen-bond acceptors (Lipinski definition) is 2. The zero-order chi connectivity index (χ0) is 13.6. The SMILES string of the molecule is C[C@H](C(=O)NCC12CCC(N)(CC1)C2)C(C)(C)C. The second-order valence-corrected chi connectivity index (χ2v) is 7.84. The van der Waals surface area contributed by atoms with Crippen molar-refractivity contribution in [2.24, 2.45) is 22.5 Å². The second kappa shape index (κ2) is 4.22. The zero-order valence-electron chi connectivity index (χ0n) is 12.3. The van der Waals surface area contributed by atoms with Gasteiger partial charge < -0.3 is 11.1 Å². The largest absolute Gasteiger partial charge is 0.355 e. The molecule has 0 heterocycles. The van der Waals surface area contributed by atoms with Crippen LogP contribution in [0.2, 0.25) is 0 Å². The van der Waals surface area contributed by atoms with E-state index in [2.05, 4.69) is 26.1 Å². The Morgan fingerprint density at radius 1 is 1.28 bits per heavy atom. The maximum Gasteiger partial charge on any atom is 0.223 e. The second-order valence-electron chi connectivity index (χ2n) is 7.84. The van der Waals surface area contributed by atoms with Crippen LogP contribution in [0.4, 0.5) is 0 Å². The van der Waals surface area contributed by atoms with Crippen molar-refractivity contribution in [2.45, 2.75) is 65.3 Å². The summed E-state index contributed by atoms with van der Waals surface area (Å²) < 4.78 is 0. The fraction of sp³-hybridized carbons (Fsp3) is 0.933. The van der Waals surface area contributed by atoms with Gasteiger partial charge in [0.1, 0.15) is 0 Å². The van der Waals surface area contributed by atoms with Crippen molar-refractivity contribution in [1.29, 1.82) is 0 Å². The number of nitrogens with two attached hydrogens (primary N) is 1. The average Bonchev–Trinajstić information content (AvgIpc) is 2.77. The Kier molecular flexibility index (Phi) is 3.25. The Morgan fingerprint density at radius 2 is 1.83 bits per heavy atom. The topological polar surface area (TPSA) is 55.1 Å². The van der Waals surface area contributed by atoms with Gasteiger partial charge in [0.05, 0.1) is 0 Å². The van der Waals surface area contributed by atoms with Crippen LogP contribution in [-0.2, 0) is 4.79 Å². The summed E-state index contributed by atoms with van der Waals surface area (Å²) in [4.78, 5) is 12.2. The first kappa shape index (κ1) is 13.9. The number of hydrogen-bond donors (Lipinski definition) is 2. The third kappa shape index (κ3) is 2.56. The summed E-state index contributed by atoms with van der Waals surface area (Å²) in [6.07, 6.45) is 5.75. The molecule has 18 heavy (non-hydrogen) atoms. The number of carbonyl (C=O) groups excluding carboxylic acids is 1. The molecule has 2 fully saturated rings. The highest BCUT2D eigenvalue weighted by atomic mass is 16.1. The standard InChI is InChI=1S/C15H28N2O/c1-11(13(2,3)4)12(18)17-10-14-5-7-15(16,9-14)8-6-14/h11H,5-10,16H2,1-4H3,(H,17,18)/t11-,14?,15?/m1/s1. The lowest BCUT2D eigenvalue weighted by Gasteiger charge is -2.30. The Labute approximate surface area is 111 Å². The molecule has 0 saturated heterocycles. The van der Waals surface area contributed by atoms with Gasteiger partial charge in [-0.2, -0.15) is 0 Å². The number of rotatable bonds is 3. The van der Waals surface area contributed by atoms with Gasteiger partial charge >= 0.3 is 0 Å². The van der Waals surface area contributed by atoms with Crippen LogP contribution in [0.1, 0.15) is 59.8 Å². The van der Waals surface area contributed by atoms with Gasteiger partial charge in [-0.15, -0.1) is 0 Å². The third-order valence-corrected chi connectivity index (χ3v) is 5.36. The van der Waals surface area contributed by atoms with Gasteiger partial charge in [0.25, 0.3) is 0 Å². The first-order chi connectivity index (χ1) is 8.16. The van der Waals surface area contributed by atoms with Crippen LogP contribution in [0.15, 0.2) is 0 Å². The Balaban J connectivity index is 1.88. The van der Waals surface area contributed by atoms with E-state index >= 15 is 0 Å². The van der Waals surface area contributed by atoms with Gasteiger partial charge in [-0.25, -0.2) is 0 Å². The number of nitrogens with one attached hydrogen (secondary N) is 1. The van der Waals surface area contributed by atoms with Crippen LogP contribution in [0.3, 0.4) is 0 Å². The quantitative estimate of drug-likeness (QED) is 0.810. The van der Waals surface area contributed by atoms with Crippen LogP contribution in [0.25, 0.3) is 0 Å². The summed E-state index contributed by atoms with van der Waals surface area (Å²) in [5.74, 6) is 0.248. The molecule has 0 aromatic carbocycles. The van der Waals surface area contributed by atoms with Gasteiger partial charge in [-0.05, 0) is 42.9 Å². The molecule has 0 aromatic heterocycles.